The van der Waals surface area contributed by atoms with Crippen molar-refractivity contribution in [1.29, 1.82) is 0 Å². The van der Waals surface area contributed by atoms with Crippen LogP contribution >= 0.6 is 0 Å². The Kier molecular flexibility index (Phi) is 4.36. The molecule has 0 saturated carbocycles. The lowest BCUT2D eigenvalue weighted by Crippen LogP contribution is -2.55. The van der Waals surface area contributed by atoms with Crippen molar-refractivity contribution < 1.29 is 14.3 Å². The Hall–Kier alpha value is -3.21. The first-order valence-electron chi connectivity index (χ1n) is 11.6. The molecule has 0 N–H and O–H groups in total. The third-order valence-corrected chi connectivity index (χ3v) is 7.55. The van der Waals surface area contributed by atoms with Crippen LogP contribution in [0.5, 0.6) is 11.5 Å². The number of methoxy groups -OCH3 is 1. The summed E-state index contributed by atoms with van der Waals surface area (Å²) in [4.78, 5) is 15.7. The second-order valence-electron chi connectivity index (χ2n) is 9.21. The summed E-state index contributed by atoms with van der Waals surface area (Å²) in [6.45, 7) is 2.10. The predicted molar refractivity (Wildman–Crippen MR) is 123 cm³/mol. The molecule has 2 bridgehead atoms. The van der Waals surface area contributed by atoms with E-state index in [9.17, 15) is 4.79 Å². The van der Waals surface area contributed by atoms with Crippen molar-refractivity contribution in [3.8, 4) is 17.2 Å². The molecule has 3 aliphatic rings. The Labute approximate surface area is 188 Å². The molecule has 32 heavy (non-hydrogen) atoms. The lowest BCUT2D eigenvalue weighted by Gasteiger charge is -2.48. The van der Waals surface area contributed by atoms with E-state index in [0.717, 1.165) is 54.9 Å². The Morgan fingerprint density at radius 1 is 1.09 bits per heavy atom. The van der Waals surface area contributed by atoms with Gasteiger partial charge in [-0.25, -0.2) is 0 Å². The molecule has 2 atom stereocenters. The average Bonchev–Trinajstić information content (AvgIpc) is 3.43. The molecule has 164 valence electrons. The standard InChI is InChI=1S/C27H28N2O3/c1-3-18-10-11-19(15-24(18)31-2)26(30)29-20-12-13-21(29)17-27(16-20)25-9-6-14-28(25)22-7-4-5-8-23(22)32-27/h4-11,14-15,20-21H,3,12-13,16-17H2,1-2H3. The summed E-state index contributed by atoms with van der Waals surface area (Å²) in [5.74, 6) is 1.83. The maximum Gasteiger partial charge on any atom is 0.254 e. The van der Waals surface area contributed by atoms with Crippen LogP contribution in [0.4, 0.5) is 0 Å². The van der Waals surface area contributed by atoms with Crippen molar-refractivity contribution in [2.75, 3.05) is 7.11 Å². The number of hydrogen-bond donors (Lipinski definition) is 0. The summed E-state index contributed by atoms with van der Waals surface area (Å²) in [6.07, 6.45) is 6.69. The first-order chi connectivity index (χ1) is 15.6. The van der Waals surface area contributed by atoms with Crippen LogP contribution in [0.25, 0.3) is 5.69 Å². The van der Waals surface area contributed by atoms with E-state index < -0.39 is 0 Å². The van der Waals surface area contributed by atoms with E-state index in [1.807, 2.05) is 30.3 Å². The number of para-hydroxylation sites is 2. The van der Waals surface area contributed by atoms with Crippen molar-refractivity contribution in [3.05, 3.63) is 77.6 Å². The number of fused-ring (bicyclic) bond motifs is 6. The average molecular weight is 429 g/mol. The number of aryl methyl sites for hydroxylation is 1. The van der Waals surface area contributed by atoms with Crippen LogP contribution in [0.3, 0.4) is 0 Å². The van der Waals surface area contributed by atoms with Crippen molar-refractivity contribution in [2.45, 2.75) is 56.7 Å². The number of aromatic nitrogens is 1. The van der Waals surface area contributed by atoms with E-state index in [1.165, 1.54) is 5.69 Å². The van der Waals surface area contributed by atoms with Gasteiger partial charge in [-0.05, 0) is 61.2 Å². The maximum absolute atomic E-state index is 13.6. The van der Waals surface area contributed by atoms with Crippen molar-refractivity contribution in [3.63, 3.8) is 0 Å². The molecule has 2 aromatic carbocycles. The van der Waals surface area contributed by atoms with Gasteiger partial charge in [0.1, 0.15) is 11.5 Å². The molecular formula is C27H28N2O3. The largest absolute Gasteiger partial charge is 0.496 e. The van der Waals surface area contributed by atoms with Crippen molar-refractivity contribution in [2.24, 2.45) is 0 Å². The van der Waals surface area contributed by atoms with Gasteiger partial charge in [-0.3, -0.25) is 4.79 Å². The summed E-state index contributed by atoms with van der Waals surface area (Å²) < 4.78 is 14.6. The molecule has 6 rings (SSSR count). The van der Waals surface area contributed by atoms with E-state index in [0.29, 0.717) is 5.56 Å². The third kappa shape index (κ3) is 2.73. The summed E-state index contributed by atoms with van der Waals surface area (Å²) in [7, 11) is 1.67. The van der Waals surface area contributed by atoms with E-state index in [2.05, 4.69) is 46.9 Å². The number of carbonyl (C=O) groups is 1. The topological polar surface area (TPSA) is 43.7 Å². The van der Waals surface area contributed by atoms with E-state index in [-0.39, 0.29) is 23.6 Å². The molecule has 4 heterocycles. The third-order valence-electron chi connectivity index (χ3n) is 7.55. The maximum atomic E-state index is 13.6. The quantitative estimate of drug-likeness (QED) is 0.583. The highest BCUT2D eigenvalue weighted by Gasteiger charge is 2.54. The summed E-state index contributed by atoms with van der Waals surface area (Å²) in [6, 6.07) is 18.7. The first kappa shape index (κ1) is 19.5. The van der Waals surface area contributed by atoms with Gasteiger partial charge in [-0.2, -0.15) is 0 Å². The van der Waals surface area contributed by atoms with E-state index >= 15 is 0 Å². The minimum absolute atomic E-state index is 0.111. The molecule has 1 spiro atoms. The van der Waals surface area contributed by atoms with Gasteiger partial charge in [0.05, 0.1) is 18.5 Å². The fourth-order valence-electron chi connectivity index (χ4n) is 6.12. The van der Waals surface area contributed by atoms with Gasteiger partial charge in [0, 0.05) is 36.7 Å². The van der Waals surface area contributed by atoms with Crippen LogP contribution in [0.1, 0.15) is 54.2 Å². The highest BCUT2D eigenvalue weighted by molar-refractivity contribution is 5.95. The van der Waals surface area contributed by atoms with Crippen molar-refractivity contribution in [1.82, 2.24) is 9.47 Å². The Bertz CT molecular complexity index is 1180. The van der Waals surface area contributed by atoms with E-state index in [1.54, 1.807) is 7.11 Å². The zero-order valence-corrected chi connectivity index (χ0v) is 18.6. The van der Waals surface area contributed by atoms with Crippen LogP contribution in [-0.4, -0.2) is 34.6 Å². The van der Waals surface area contributed by atoms with Crippen LogP contribution < -0.4 is 9.47 Å². The Morgan fingerprint density at radius 2 is 1.88 bits per heavy atom. The number of ether oxygens (including phenoxy) is 2. The Morgan fingerprint density at radius 3 is 2.62 bits per heavy atom. The van der Waals surface area contributed by atoms with E-state index in [4.69, 9.17) is 9.47 Å². The van der Waals surface area contributed by atoms with Gasteiger partial charge in [0.2, 0.25) is 0 Å². The first-order valence-corrected chi connectivity index (χ1v) is 11.6. The molecule has 5 nitrogen and oxygen atoms in total. The van der Waals surface area contributed by atoms with Crippen LogP contribution in [-0.2, 0) is 12.0 Å². The van der Waals surface area contributed by atoms with Gasteiger partial charge >= 0.3 is 0 Å². The Balaban J connectivity index is 1.33. The fourth-order valence-corrected chi connectivity index (χ4v) is 6.12. The molecule has 1 aromatic heterocycles. The molecule has 2 saturated heterocycles. The summed E-state index contributed by atoms with van der Waals surface area (Å²) in [5, 5.41) is 0. The number of amides is 1. The van der Waals surface area contributed by atoms with Gasteiger partial charge in [-0.1, -0.05) is 25.1 Å². The summed E-state index contributed by atoms with van der Waals surface area (Å²) >= 11 is 0. The van der Waals surface area contributed by atoms with Gasteiger partial charge in [-0.15, -0.1) is 0 Å². The number of hydrogen-bond acceptors (Lipinski definition) is 3. The second-order valence-corrected chi connectivity index (χ2v) is 9.21. The van der Waals surface area contributed by atoms with Gasteiger partial charge in [0.15, 0.2) is 5.60 Å². The number of rotatable bonds is 3. The zero-order valence-electron chi connectivity index (χ0n) is 18.6. The molecule has 3 aliphatic heterocycles. The highest BCUT2D eigenvalue weighted by atomic mass is 16.5. The normalized spacial score (nSPS) is 25.2. The zero-order chi connectivity index (χ0) is 21.9. The lowest BCUT2D eigenvalue weighted by molar-refractivity contribution is -0.0369. The molecule has 2 unspecified atom stereocenters. The monoisotopic (exact) mass is 428 g/mol. The lowest BCUT2D eigenvalue weighted by atomic mass is 9.81. The van der Waals surface area contributed by atoms with Crippen LogP contribution in [0, 0.1) is 0 Å². The minimum atomic E-state index is -0.385. The smallest absolute Gasteiger partial charge is 0.254 e. The number of nitrogens with zero attached hydrogens (tertiary/aromatic N) is 2. The molecule has 0 radical (unpaired) electrons. The van der Waals surface area contributed by atoms with Crippen LogP contribution in [0.15, 0.2) is 60.8 Å². The fraction of sp³-hybridized carbons (Fsp3) is 0.370. The SMILES string of the molecule is CCc1ccc(C(=O)N2C3CCC2CC2(C3)Oc3ccccc3-n3cccc32)cc1OC. The molecule has 3 aromatic rings. The molecular weight excluding hydrogens is 400 g/mol. The van der Waals surface area contributed by atoms with Crippen LogP contribution in [0.2, 0.25) is 0 Å². The predicted octanol–water partition coefficient (Wildman–Crippen LogP) is 5.10. The second kappa shape index (κ2) is 7.16. The number of piperidine rings is 1. The molecule has 1 amide bonds. The molecule has 0 aliphatic carbocycles. The summed E-state index contributed by atoms with van der Waals surface area (Å²) in [5.41, 5.74) is 3.75. The highest BCUT2D eigenvalue weighted by Crippen LogP contribution is 2.52. The van der Waals surface area contributed by atoms with Crippen molar-refractivity contribution >= 4 is 5.91 Å². The number of carbonyl (C=O) groups excluding carboxylic acids is 1. The molecule has 5 heteroatoms. The molecule has 2 fully saturated rings. The minimum Gasteiger partial charge on any atom is -0.496 e. The van der Waals surface area contributed by atoms with Gasteiger partial charge < -0.3 is 18.9 Å². The number of benzene rings is 2. The van der Waals surface area contributed by atoms with Gasteiger partial charge in [0.25, 0.3) is 5.91 Å².